The second-order valence-electron chi connectivity index (χ2n) is 8.75. The van der Waals surface area contributed by atoms with Gasteiger partial charge in [-0.2, -0.15) is 0 Å². The van der Waals surface area contributed by atoms with E-state index in [-0.39, 0.29) is 24.0 Å². The molecule has 0 aliphatic carbocycles. The Morgan fingerprint density at radius 1 is 0.889 bits per heavy atom. The highest BCUT2D eigenvalue weighted by Gasteiger charge is 2.46. The zero-order valence-corrected chi connectivity index (χ0v) is 20.7. The van der Waals surface area contributed by atoms with Crippen LogP contribution in [0.25, 0.3) is 5.76 Å². The average molecular weight is 488 g/mol. The number of rotatable bonds is 8. The monoisotopic (exact) mass is 487 g/mol. The van der Waals surface area contributed by atoms with Crippen molar-refractivity contribution in [3.05, 3.63) is 95.1 Å². The highest BCUT2D eigenvalue weighted by Crippen LogP contribution is 2.41. The molecule has 3 aromatic carbocycles. The molecule has 7 nitrogen and oxygen atoms in total. The maximum atomic E-state index is 13.3. The van der Waals surface area contributed by atoms with Crippen LogP contribution in [0.4, 0.5) is 0 Å². The third-order valence-corrected chi connectivity index (χ3v) is 5.94. The van der Waals surface area contributed by atoms with Gasteiger partial charge in [0.1, 0.15) is 23.0 Å². The number of hydrogen-bond donors (Lipinski definition) is 1. The maximum absolute atomic E-state index is 13.3. The molecule has 0 radical (unpaired) electrons. The Hall–Kier alpha value is -4.26. The topological polar surface area (TPSA) is 85.3 Å². The molecule has 0 saturated carbocycles. The zero-order chi connectivity index (χ0) is 25.8. The molecule has 0 spiro atoms. The molecule has 3 aromatic rings. The van der Waals surface area contributed by atoms with Gasteiger partial charge in [0.25, 0.3) is 11.7 Å². The van der Waals surface area contributed by atoms with E-state index in [1.54, 1.807) is 43.5 Å². The van der Waals surface area contributed by atoms with E-state index in [4.69, 9.17) is 14.2 Å². The molecule has 0 aromatic heterocycles. The Morgan fingerprint density at radius 3 is 2.17 bits per heavy atom. The van der Waals surface area contributed by atoms with Crippen molar-refractivity contribution in [2.45, 2.75) is 32.5 Å². The maximum Gasteiger partial charge on any atom is 0.295 e. The number of Topliss-reactive ketones (excluding diaryl/α,β-unsaturated/α-hetero) is 1. The van der Waals surface area contributed by atoms with Crippen molar-refractivity contribution in [2.75, 3.05) is 14.2 Å². The summed E-state index contributed by atoms with van der Waals surface area (Å²) in [6.07, 6.45) is 0.00241. The van der Waals surface area contributed by atoms with Crippen LogP contribution in [0.15, 0.2) is 78.4 Å². The average Bonchev–Trinajstić information content (AvgIpc) is 3.13. The van der Waals surface area contributed by atoms with Crippen LogP contribution in [0.2, 0.25) is 0 Å². The minimum Gasteiger partial charge on any atom is -0.507 e. The number of ether oxygens (including phenoxy) is 3. The number of nitrogens with zero attached hydrogens (tertiary/aromatic N) is 1. The number of ketones is 1. The van der Waals surface area contributed by atoms with E-state index in [0.717, 1.165) is 5.56 Å². The molecular formula is C29H29NO6. The summed E-state index contributed by atoms with van der Waals surface area (Å²) >= 11 is 0. The normalized spacial score (nSPS) is 16.9. The van der Waals surface area contributed by atoms with E-state index < -0.39 is 17.7 Å². The molecular weight excluding hydrogens is 458 g/mol. The molecule has 1 fully saturated rings. The van der Waals surface area contributed by atoms with Crippen LogP contribution in [0.3, 0.4) is 0 Å². The van der Waals surface area contributed by atoms with Gasteiger partial charge in [-0.1, -0.05) is 36.4 Å². The van der Waals surface area contributed by atoms with Crippen molar-refractivity contribution in [3.63, 3.8) is 0 Å². The number of carbonyl (C=O) groups is 2. The minimum absolute atomic E-state index is 0.00241. The molecule has 1 atom stereocenters. The molecule has 1 saturated heterocycles. The first-order valence-electron chi connectivity index (χ1n) is 11.6. The lowest BCUT2D eigenvalue weighted by molar-refractivity contribution is -0.140. The lowest BCUT2D eigenvalue weighted by atomic mass is 9.95. The smallest absolute Gasteiger partial charge is 0.295 e. The molecule has 1 unspecified atom stereocenters. The summed E-state index contributed by atoms with van der Waals surface area (Å²) in [5, 5.41) is 11.3. The fourth-order valence-corrected chi connectivity index (χ4v) is 4.28. The van der Waals surface area contributed by atoms with Gasteiger partial charge in [-0.05, 0) is 61.4 Å². The first kappa shape index (κ1) is 24.9. The van der Waals surface area contributed by atoms with Crippen molar-refractivity contribution >= 4 is 17.4 Å². The van der Waals surface area contributed by atoms with E-state index in [9.17, 15) is 14.7 Å². The van der Waals surface area contributed by atoms with Gasteiger partial charge in [-0.25, -0.2) is 0 Å². The number of carbonyl (C=O) groups excluding carboxylic acids is 2. The third-order valence-electron chi connectivity index (χ3n) is 5.94. The van der Waals surface area contributed by atoms with Crippen LogP contribution in [0.5, 0.6) is 17.2 Å². The van der Waals surface area contributed by atoms with Gasteiger partial charge in [0.05, 0.1) is 31.9 Å². The Bertz CT molecular complexity index is 1300. The fourth-order valence-electron chi connectivity index (χ4n) is 4.28. The lowest BCUT2D eigenvalue weighted by Gasteiger charge is -2.26. The fraction of sp³-hybridized carbons (Fsp3) is 0.241. The van der Waals surface area contributed by atoms with E-state index in [0.29, 0.717) is 28.4 Å². The predicted octanol–water partition coefficient (Wildman–Crippen LogP) is 5.11. The summed E-state index contributed by atoms with van der Waals surface area (Å²) < 4.78 is 16.3. The van der Waals surface area contributed by atoms with E-state index >= 15 is 0 Å². The summed E-state index contributed by atoms with van der Waals surface area (Å²) in [7, 11) is 3.09. The Balaban J connectivity index is 1.82. The largest absolute Gasteiger partial charge is 0.507 e. The molecule has 4 rings (SSSR count). The van der Waals surface area contributed by atoms with Crippen molar-refractivity contribution < 1.29 is 28.9 Å². The van der Waals surface area contributed by atoms with Crippen LogP contribution in [-0.4, -0.2) is 42.0 Å². The van der Waals surface area contributed by atoms with Crippen LogP contribution in [0, 0.1) is 0 Å². The Morgan fingerprint density at radius 2 is 1.53 bits per heavy atom. The molecule has 7 heteroatoms. The van der Waals surface area contributed by atoms with Gasteiger partial charge in [0.15, 0.2) is 0 Å². The molecule has 1 N–H and O–H groups in total. The molecule has 186 valence electrons. The number of hydrogen-bond acceptors (Lipinski definition) is 6. The lowest BCUT2D eigenvalue weighted by Crippen LogP contribution is -2.29. The summed E-state index contributed by atoms with van der Waals surface area (Å²) in [5.74, 6) is 0.156. The van der Waals surface area contributed by atoms with Gasteiger partial charge in [0.2, 0.25) is 0 Å². The quantitative estimate of drug-likeness (QED) is 0.270. The number of amides is 1. The number of aliphatic hydroxyl groups excluding tert-OH is 1. The molecule has 1 amide bonds. The van der Waals surface area contributed by atoms with Gasteiger partial charge < -0.3 is 24.2 Å². The highest BCUT2D eigenvalue weighted by atomic mass is 16.5. The molecule has 1 aliphatic heterocycles. The minimum atomic E-state index is -0.796. The highest BCUT2D eigenvalue weighted by molar-refractivity contribution is 6.46. The Kier molecular flexibility index (Phi) is 7.29. The number of likely N-dealkylation sites (tertiary alicyclic amines) is 1. The first-order valence-corrected chi connectivity index (χ1v) is 11.6. The van der Waals surface area contributed by atoms with Crippen LogP contribution < -0.4 is 14.2 Å². The van der Waals surface area contributed by atoms with Crippen molar-refractivity contribution in [1.82, 2.24) is 4.90 Å². The van der Waals surface area contributed by atoms with Crippen molar-refractivity contribution in [2.24, 2.45) is 0 Å². The third kappa shape index (κ3) is 5.05. The number of aliphatic hydroxyl groups is 1. The second kappa shape index (κ2) is 10.6. The molecule has 1 heterocycles. The standard InChI is InChI=1S/C29H29NO6/c1-18(2)36-22-13-11-20(12-14-22)26-25(27(31)21-8-6-10-24(16-21)35-4)28(32)29(33)30(26)17-19-7-5-9-23(15-19)34-3/h5-16,18,26,31H,17H2,1-4H3/b27-25-. The molecule has 0 bridgehead atoms. The summed E-state index contributed by atoms with van der Waals surface area (Å²) in [6, 6.07) is 20.5. The van der Waals surface area contributed by atoms with Gasteiger partial charge in [-0.15, -0.1) is 0 Å². The number of benzene rings is 3. The summed E-state index contributed by atoms with van der Waals surface area (Å²) in [6.45, 7) is 4.03. The zero-order valence-electron chi connectivity index (χ0n) is 20.7. The molecule has 36 heavy (non-hydrogen) atoms. The second-order valence-corrected chi connectivity index (χ2v) is 8.75. The van der Waals surface area contributed by atoms with E-state index in [1.807, 2.05) is 50.2 Å². The van der Waals surface area contributed by atoms with Crippen LogP contribution in [0.1, 0.15) is 36.6 Å². The van der Waals surface area contributed by atoms with Crippen LogP contribution in [-0.2, 0) is 16.1 Å². The summed E-state index contributed by atoms with van der Waals surface area (Å²) in [4.78, 5) is 28.1. The SMILES string of the molecule is COc1cccc(CN2C(=O)C(=O)/C(=C(\O)c3cccc(OC)c3)C2c2ccc(OC(C)C)cc2)c1. The predicted molar refractivity (Wildman–Crippen MR) is 136 cm³/mol. The number of methoxy groups -OCH3 is 2. The summed E-state index contributed by atoms with van der Waals surface area (Å²) in [5.41, 5.74) is 1.88. The van der Waals surface area contributed by atoms with Gasteiger partial charge in [0, 0.05) is 12.1 Å². The van der Waals surface area contributed by atoms with Crippen molar-refractivity contribution in [3.8, 4) is 17.2 Å². The molecule has 1 aliphatic rings. The van der Waals surface area contributed by atoms with Crippen LogP contribution >= 0.6 is 0 Å². The Labute approximate surface area is 210 Å². The van der Waals surface area contributed by atoms with Crippen molar-refractivity contribution in [1.29, 1.82) is 0 Å². The first-order chi connectivity index (χ1) is 17.3. The van der Waals surface area contributed by atoms with Gasteiger partial charge in [-0.3, -0.25) is 9.59 Å². The van der Waals surface area contributed by atoms with E-state index in [2.05, 4.69) is 0 Å². The van der Waals surface area contributed by atoms with E-state index in [1.165, 1.54) is 12.0 Å². The van der Waals surface area contributed by atoms with Gasteiger partial charge >= 0.3 is 0 Å².